The summed E-state index contributed by atoms with van der Waals surface area (Å²) in [6.07, 6.45) is 5.06. The zero-order valence-corrected chi connectivity index (χ0v) is 16.6. The third-order valence-corrected chi connectivity index (χ3v) is 6.56. The second-order valence-electron chi connectivity index (χ2n) is 7.30. The highest BCUT2D eigenvalue weighted by molar-refractivity contribution is 8.14. The van der Waals surface area contributed by atoms with Crippen molar-refractivity contribution in [3.8, 4) is 0 Å². The van der Waals surface area contributed by atoms with Gasteiger partial charge in [0, 0.05) is 12.3 Å². The molecule has 0 bridgehead atoms. The van der Waals surface area contributed by atoms with E-state index in [1.54, 1.807) is 11.8 Å². The smallest absolute Gasteiger partial charge is 0.251 e. The third kappa shape index (κ3) is 3.39. The number of amides is 3. The van der Waals surface area contributed by atoms with Crippen molar-refractivity contribution in [1.82, 2.24) is 9.80 Å². The molecular weight excluding hydrogens is 374 g/mol. The van der Waals surface area contributed by atoms with Crippen molar-refractivity contribution in [2.24, 2.45) is 16.8 Å². The minimum Gasteiger partial charge on any atom is -0.289 e. The van der Waals surface area contributed by atoms with Crippen molar-refractivity contribution in [3.63, 3.8) is 0 Å². The van der Waals surface area contributed by atoms with Crippen LogP contribution in [0.5, 0.6) is 0 Å². The van der Waals surface area contributed by atoms with Crippen LogP contribution in [0.25, 0.3) is 0 Å². The summed E-state index contributed by atoms with van der Waals surface area (Å²) in [5.41, 5.74) is 1.07. The number of hydrogen-bond acceptors (Lipinski definition) is 5. The fourth-order valence-corrected chi connectivity index (χ4v) is 4.97. The van der Waals surface area contributed by atoms with Gasteiger partial charge in [0.2, 0.25) is 11.8 Å². The van der Waals surface area contributed by atoms with Crippen LogP contribution in [-0.4, -0.2) is 51.0 Å². The molecule has 4 rings (SSSR count). The van der Waals surface area contributed by atoms with E-state index in [1.807, 2.05) is 42.5 Å². The summed E-state index contributed by atoms with van der Waals surface area (Å²) in [6, 6.07) is 9.06. The third-order valence-electron chi connectivity index (χ3n) is 5.57. The number of rotatable bonds is 4. The molecule has 1 aliphatic carbocycles. The summed E-state index contributed by atoms with van der Waals surface area (Å²) in [6.45, 7) is 2.70. The van der Waals surface area contributed by atoms with Crippen LogP contribution in [0.3, 0.4) is 0 Å². The summed E-state index contributed by atoms with van der Waals surface area (Å²) in [7, 11) is 0. The number of hydrogen-bond donors (Lipinski definition) is 0. The van der Waals surface area contributed by atoms with E-state index in [0.717, 1.165) is 11.3 Å². The first-order valence-corrected chi connectivity index (χ1v) is 10.6. The first-order chi connectivity index (χ1) is 13.6. The Kier molecular flexibility index (Phi) is 5.35. The lowest BCUT2D eigenvalue weighted by Crippen LogP contribution is -2.50. The molecule has 0 spiro atoms. The molecule has 2 heterocycles. The Bertz CT molecular complexity index is 826. The largest absolute Gasteiger partial charge is 0.289 e. The SMILES string of the molecule is CC(C(=O)N1CCSC1=NCc1ccccc1)N1C(=O)C2CC=CCC2C1=O. The Labute approximate surface area is 168 Å². The van der Waals surface area contributed by atoms with Gasteiger partial charge in [-0.05, 0) is 25.3 Å². The van der Waals surface area contributed by atoms with Crippen molar-refractivity contribution >= 4 is 34.7 Å². The maximum atomic E-state index is 13.1. The van der Waals surface area contributed by atoms with Gasteiger partial charge in [0.05, 0.1) is 18.4 Å². The molecule has 1 aromatic rings. The Balaban J connectivity index is 1.48. The zero-order chi connectivity index (χ0) is 19.7. The van der Waals surface area contributed by atoms with Crippen molar-refractivity contribution in [1.29, 1.82) is 0 Å². The normalized spacial score (nSPS) is 26.8. The van der Waals surface area contributed by atoms with E-state index in [9.17, 15) is 14.4 Å². The van der Waals surface area contributed by atoms with Crippen LogP contribution in [0.4, 0.5) is 0 Å². The standard InChI is InChI=1S/C21H23N3O3S/c1-14(24-19(26)16-9-5-6-10-17(16)20(24)27)18(25)23-11-12-28-21(23)22-13-15-7-3-2-4-8-15/h2-8,14,16-17H,9-13H2,1H3. The average Bonchev–Trinajstić information content (AvgIpc) is 3.29. The van der Waals surface area contributed by atoms with Gasteiger partial charge in [0.1, 0.15) is 6.04 Å². The van der Waals surface area contributed by atoms with Gasteiger partial charge in [-0.25, -0.2) is 0 Å². The molecule has 2 fully saturated rings. The van der Waals surface area contributed by atoms with E-state index in [2.05, 4.69) is 4.99 Å². The van der Waals surface area contributed by atoms with Crippen LogP contribution < -0.4 is 0 Å². The van der Waals surface area contributed by atoms with Gasteiger partial charge in [0.25, 0.3) is 5.91 Å². The van der Waals surface area contributed by atoms with E-state index in [-0.39, 0.29) is 29.6 Å². The molecule has 0 N–H and O–H groups in total. The van der Waals surface area contributed by atoms with Gasteiger partial charge in [-0.3, -0.25) is 29.2 Å². The molecule has 0 aromatic heterocycles. The summed E-state index contributed by atoms with van der Waals surface area (Å²) in [5.74, 6) is -0.517. The minimum atomic E-state index is -0.800. The van der Waals surface area contributed by atoms with Crippen LogP contribution in [0.1, 0.15) is 25.3 Å². The first-order valence-electron chi connectivity index (χ1n) is 9.62. The van der Waals surface area contributed by atoms with Crippen LogP contribution in [-0.2, 0) is 20.9 Å². The highest BCUT2D eigenvalue weighted by Gasteiger charge is 2.51. The van der Waals surface area contributed by atoms with Crippen molar-refractivity contribution in [2.45, 2.75) is 32.4 Å². The molecule has 28 heavy (non-hydrogen) atoms. The summed E-state index contributed by atoms with van der Waals surface area (Å²) in [5, 5.41) is 0.666. The number of likely N-dealkylation sites (tertiary alicyclic amines) is 1. The second kappa shape index (κ2) is 7.91. The lowest BCUT2D eigenvalue weighted by atomic mass is 9.85. The van der Waals surface area contributed by atoms with Gasteiger partial charge < -0.3 is 0 Å². The van der Waals surface area contributed by atoms with Gasteiger partial charge in [-0.2, -0.15) is 0 Å². The molecule has 6 nitrogen and oxygen atoms in total. The lowest BCUT2D eigenvalue weighted by Gasteiger charge is -2.26. The number of fused-ring (bicyclic) bond motifs is 1. The Morgan fingerprint density at radius 2 is 1.79 bits per heavy atom. The van der Waals surface area contributed by atoms with Crippen LogP contribution >= 0.6 is 11.8 Å². The summed E-state index contributed by atoms with van der Waals surface area (Å²) in [4.78, 5) is 46.1. The van der Waals surface area contributed by atoms with Gasteiger partial charge in [0.15, 0.2) is 5.17 Å². The number of nitrogens with zero attached hydrogens (tertiary/aromatic N) is 3. The molecule has 2 aliphatic heterocycles. The molecule has 1 aromatic carbocycles. The van der Waals surface area contributed by atoms with Crippen LogP contribution in [0.2, 0.25) is 0 Å². The van der Waals surface area contributed by atoms with Crippen LogP contribution in [0, 0.1) is 11.8 Å². The molecule has 0 saturated carbocycles. The van der Waals surface area contributed by atoms with Gasteiger partial charge in [-0.1, -0.05) is 54.2 Å². The fraction of sp³-hybridized carbons (Fsp3) is 0.429. The molecule has 3 amide bonds. The maximum absolute atomic E-state index is 13.1. The van der Waals surface area contributed by atoms with E-state index < -0.39 is 6.04 Å². The van der Waals surface area contributed by atoms with Gasteiger partial charge in [-0.15, -0.1) is 0 Å². The molecule has 0 radical (unpaired) electrons. The topological polar surface area (TPSA) is 70.1 Å². The molecule has 3 unspecified atom stereocenters. The number of carbonyl (C=O) groups excluding carboxylic acids is 3. The van der Waals surface area contributed by atoms with Gasteiger partial charge >= 0.3 is 0 Å². The number of benzene rings is 1. The second-order valence-corrected chi connectivity index (χ2v) is 8.36. The minimum absolute atomic E-state index is 0.213. The number of carbonyl (C=O) groups is 3. The summed E-state index contributed by atoms with van der Waals surface area (Å²) < 4.78 is 0. The molecule has 2 saturated heterocycles. The van der Waals surface area contributed by atoms with Crippen molar-refractivity contribution < 1.29 is 14.4 Å². The molecular formula is C21H23N3O3S. The van der Waals surface area contributed by atoms with E-state index in [1.165, 1.54) is 16.7 Å². The first kappa shape index (κ1) is 18.9. The number of amidine groups is 1. The van der Waals surface area contributed by atoms with E-state index in [0.29, 0.717) is 31.1 Å². The molecule has 3 atom stereocenters. The number of thioether (sulfide) groups is 1. The Morgan fingerprint density at radius 3 is 2.43 bits per heavy atom. The van der Waals surface area contributed by atoms with Crippen molar-refractivity contribution in [2.75, 3.05) is 12.3 Å². The fourth-order valence-electron chi connectivity index (χ4n) is 4.02. The number of imide groups is 1. The van der Waals surface area contributed by atoms with E-state index in [4.69, 9.17) is 0 Å². The maximum Gasteiger partial charge on any atom is 0.251 e. The predicted octanol–water partition coefficient (Wildman–Crippen LogP) is 2.46. The summed E-state index contributed by atoms with van der Waals surface area (Å²) >= 11 is 1.54. The van der Waals surface area contributed by atoms with Crippen molar-refractivity contribution in [3.05, 3.63) is 48.0 Å². The number of allylic oxidation sites excluding steroid dienone is 2. The average molecular weight is 398 g/mol. The molecule has 7 heteroatoms. The monoisotopic (exact) mass is 397 g/mol. The quantitative estimate of drug-likeness (QED) is 0.578. The highest BCUT2D eigenvalue weighted by Crippen LogP contribution is 2.36. The van der Waals surface area contributed by atoms with Crippen LogP contribution in [0.15, 0.2) is 47.5 Å². The Hall–Kier alpha value is -2.41. The predicted molar refractivity (Wildman–Crippen MR) is 108 cm³/mol. The number of aliphatic imine (C=N–C) groups is 1. The highest BCUT2D eigenvalue weighted by atomic mass is 32.2. The lowest BCUT2D eigenvalue weighted by molar-refractivity contribution is -0.149. The van der Waals surface area contributed by atoms with E-state index >= 15 is 0 Å². The molecule has 146 valence electrons. The molecule has 3 aliphatic rings. The Morgan fingerprint density at radius 1 is 1.14 bits per heavy atom. The zero-order valence-electron chi connectivity index (χ0n) is 15.8.